The van der Waals surface area contributed by atoms with Crippen molar-refractivity contribution in [2.45, 2.75) is 32.4 Å². The summed E-state index contributed by atoms with van der Waals surface area (Å²) in [5.41, 5.74) is 2.03. The predicted octanol–water partition coefficient (Wildman–Crippen LogP) is 3.73. The molecule has 2 heteroatoms. The van der Waals surface area contributed by atoms with Crippen LogP contribution >= 0.6 is 11.8 Å². The lowest BCUT2D eigenvalue weighted by Gasteiger charge is -2.06. The Morgan fingerprint density at radius 2 is 2.14 bits per heavy atom. The third kappa shape index (κ3) is 3.26. The second-order valence-electron chi connectivity index (χ2n) is 3.49. The standard InChI is InChI=1S/C12H18OS/c1-3-4-8-14-9-11-7-5-6-10(2)12(11)13/h5-7,13H,3-4,8-9H2,1-2H3. The van der Waals surface area contributed by atoms with Crippen LogP contribution in [0.2, 0.25) is 0 Å². The summed E-state index contributed by atoms with van der Waals surface area (Å²) in [7, 11) is 0. The number of rotatable bonds is 5. The van der Waals surface area contributed by atoms with E-state index in [0.29, 0.717) is 5.75 Å². The van der Waals surface area contributed by atoms with Crippen LogP contribution in [0.15, 0.2) is 18.2 Å². The number of hydrogen-bond acceptors (Lipinski definition) is 2. The minimum Gasteiger partial charge on any atom is -0.507 e. The van der Waals surface area contributed by atoms with Crippen molar-refractivity contribution in [2.24, 2.45) is 0 Å². The fourth-order valence-corrected chi connectivity index (χ4v) is 2.35. The number of para-hydroxylation sites is 1. The summed E-state index contributed by atoms with van der Waals surface area (Å²) in [5, 5.41) is 9.74. The number of aromatic hydroxyl groups is 1. The number of benzene rings is 1. The molecule has 0 radical (unpaired) electrons. The molecule has 0 bridgehead atoms. The lowest BCUT2D eigenvalue weighted by molar-refractivity contribution is 0.466. The van der Waals surface area contributed by atoms with Gasteiger partial charge >= 0.3 is 0 Å². The molecular weight excluding hydrogens is 192 g/mol. The summed E-state index contributed by atoms with van der Waals surface area (Å²) < 4.78 is 0. The minimum absolute atomic E-state index is 0.469. The highest BCUT2D eigenvalue weighted by atomic mass is 32.2. The van der Waals surface area contributed by atoms with Crippen molar-refractivity contribution in [3.63, 3.8) is 0 Å². The highest BCUT2D eigenvalue weighted by Gasteiger charge is 2.02. The van der Waals surface area contributed by atoms with Crippen molar-refractivity contribution in [2.75, 3.05) is 5.75 Å². The molecule has 0 saturated heterocycles. The zero-order valence-electron chi connectivity index (χ0n) is 8.92. The van der Waals surface area contributed by atoms with Gasteiger partial charge in [0, 0.05) is 11.3 Å². The maximum atomic E-state index is 9.74. The molecule has 1 aromatic rings. The molecule has 1 rings (SSSR count). The summed E-state index contributed by atoms with van der Waals surface area (Å²) >= 11 is 1.89. The number of unbranched alkanes of at least 4 members (excludes halogenated alkanes) is 1. The maximum absolute atomic E-state index is 9.74. The van der Waals surface area contributed by atoms with Gasteiger partial charge in [-0.15, -0.1) is 0 Å². The second-order valence-corrected chi connectivity index (χ2v) is 4.59. The molecule has 0 unspecified atom stereocenters. The van der Waals surface area contributed by atoms with Gasteiger partial charge in [0.2, 0.25) is 0 Å². The second kappa shape index (κ2) is 5.97. The van der Waals surface area contributed by atoms with Crippen molar-refractivity contribution in [3.8, 4) is 5.75 Å². The Bertz CT molecular complexity index is 284. The fraction of sp³-hybridized carbons (Fsp3) is 0.500. The van der Waals surface area contributed by atoms with Gasteiger partial charge in [0.15, 0.2) is 0 Å². The monoisotopic (exact) mass is 210 g/mol. The molecule has 1 N–H and O–H groups in total. The van der Waals surface area contributed by atoms with E-state index in [9.17, 15) is 5.11 Å². The summed E-state index contributed by atoms with van der Waals surface area (Å²) in [5.74, 6) is 2.58. The molecular formula is C12H18OS. The van der Waals surface area contributed by atoms with Gasteiger partial charge in [-0.2, -0.15) is 11.8 Å². The normalized spacial score (nSPS) is 10.4. The van der Waals surface area contributed by atoms with Crippen LogP contribution in [0.5, 0.6) is 5.75 Å². The number of thioether (sulfide) groups is 1. The van der Waals surface area contributed by atoms with Crippen molar-refractivity contribution in [1.29, 1.82) is 0 Å². The molecule has 1 aromatic carbocycles. The topological polar surface area (TPSA) is 20.2 Å². The lowest BCUT2D eigenvalue weighted by Crippen LogP contribution is -1.86. The Balaban J connectivity index is 2.46. The third-order valence-electron chi connectivity index (χ3n) is 2.22. The van der Waals surface area contributed by atoms with E-state index in [-0.39, 0.29) is 0 Å². The van der Waals surface area contributed by atoms with Crippen molar-refractivity contribution < 1.29 is 5.11 Å². The first-order valence-electron chi connectivity index (χ1n) is 5.11. The Kier molecular flexibility index (Phi) is 4.88. The van der Waals surface area contributed by atoms with Gasteiger partial charge in [0.05, 0.1) is 0 Å². The largest absolute Gasteiger partial charge is 0.507 e. The van der Waals surface area contributed by atoms with Gasteiger partial charge in [0.25, 0.3) is 0 Å². The van der Waals surface area contributed by atoms with Gasteiger partial charge < -0.3 is 5.11 Å². The molecule has 78 valence electrons. The van der Waals surface area contributed by atoms with Crippen LogP contribution in [0.4, 0.5) is 0 Å². The Hall–Kier alpha value is -0.630. The highest BCUT2D eigenvalue weighted by Crippen LogP contribution is 2.25. The van der Waals surface area contributed by atoms with Crippen molar-refractivity contribution >= 4 is 11.8 Å². The van der Waals surface area contributed by atoms with Gasteiger partial charge in [-0.3, -0.25) is 0 Å². The van der Waals surface area contributed by atoms with E-state index in [2.05, 4.69) is 6.92 Å². The zero-order chi connectivity index (χ0) is 10.4. The summed E-state index contributed by atoms with van der Waals surface area (Å²) in [6.07, 6.45) is 2.50. The lowest BCUT2D eigenvalue weighted by atomic mass is 10.1. The Labute approximate surface area is 90.5 Å². The summed E-state index contributed by atoms with van der Waals surface area (Å²) in [6.45, 7) is 4.14. The summed E-state index contributed by atoms with van der Waals surface area (Å²) in [4.78, 5) is 0. The molecule has 0 spiro atoms. The van der Waals surface area contributed by atoms with E-state index in [0.717, 1.165) is 16.9 Å². The van der Waals surface area contributed by atoms with Crippen LogP contribution in [0.1, 0.15) is 30.9 Å². The number of phenols is 1. The predicted molar refractivity (Wildman–Crippen MR) is 63.9 cm³/mol. The number of phenolic OH excluding ortho intramolecular Hbond substituents is 1. The Morgan fingerprint density at radius 3 is 2.86 bits per heavy atom. The molecule has 0 aliphatic heterocycles. The first-order valence-corrected chi connectivity index (χ1v) is 6.26. The van der Waals surface area contributed by atoms with Crippen molar-refractivity contribution in [3.05, 3.63) is 29.3 Å². The van der Waals surface area contributed by atoms with E-state index in [1.807, 2.05) is 36.9 Å². The van der Waals surface area contributed by atoms with Crippen LogP contribution in [0.3, 0.4) is 0 Å². The minimum atomic E-state index is 0.469. The molecule has 0 heterocycles. The van der Waals surface area contributed by atoms with Gasteiger partial charge in [0.1, 0.15) is 5.75 Å². The number of hydrogen-bond donors (Lipinski definition) is 1. The van der Waals surface area contributed by atoms with E-state index >= 15 is 0 Å². The zero-order valence-corrected chi connectivity index (χ0v) is 9.73. The van der Waals surface area contributed by atoms with E-state index < -0.39 is 0 Å². The molecule has 0 amide bonds. The van der Waals surface area contributed by atoms with Crippen LogP contribution in [0, 0.1) is 6.92 Å². The number of aryl methyl sites for hydroxylation is 1. The first kappa shape index (κ1) is 11.4. The molecule has 0 atom stereocenters. The van der Waals surface area contributed by atoms with Gasteiger partial charge in [-0.1, -0.05) is 31.5 Å². The molecule has 14 heavy (non-hydrogen) atoms. The van der Waals surface area contributed by atoms with Crippen LogP contribution < -0.4 is 0 Å². The molecule has 0 aliphatic rings. The van der Waals surface area contributed by atoms with E-state index in [4.69, 9.17) is 0 Å². The molecule has 0 aromatic heterocycles. The average Bonchev–Trinajstić information content (AvgIpc) is 2.19. The van der Waals surface area contributed by atoms with E-state index in [1.54, 1.807) is 0 Å². The van der Waals surface area contributed by atoms with Crippen molar-refractivity contribution in [1.82, 2.24) is 0 Å². The molecule has 0 aliphatic carbocycles. The third-order valence-corrected chi connectivity index (χ3v) is 3.31. The molecule has 0 saturated carbocycles. The molecule has 1 nitrogen and oxygen atoms in total. The fourth-order valence-electron chi connectivity index (χ4n) is 1.26. The van der Waals surface area contributed by atoms with Gasteiger partial charge in [-0.05, 0) is 24.7 Å². The van der Waals surface area contributed by atoms with Gasteiger partial charge in [-0.25, -0.2) is 0 Å². The average molecular weight is 210 g/mol. The highest BCUT2D eigenvalue weighted by molar-refractivity contribution is 7.98. The Morgan fingerprint density at radius 1 is 1.36 bits per heavy atom. The first-order chi connectivity index (χ1) is 6.75. The SMILES string of the molecule is CCCCSCc1cccc(C)c1O. The smallest absolute Gasteiger partial charge is 0.122 e. The molecule has 0 fully saturated rings. The van der Waals surface area contributed by atoms with Crippen LogP contribution in [0.25, 0.3) is 0 Å². The maximum Gasteiger partial charge on any atom is 0.122 e. The van der Waals surface area contributed by atoms with Crippen LogP contribution in [-0.4, -0.2) is 10.9 Å². The van der Waals surface area contributed by atoms with E-state index in [1.165, 1.54) is 18.6 Å². The van der Waals surface area contributed by atoms with Crippen LogP contribution in [-0.2, 0) is 5.75 Å². The summed E-state index contributed by atoms with van der Waals surface area (Å²) in [6, 6.07) is 5.95. The quantitative estimate of drug-likeness (QED) is 0.747.